The van der Waals surface area contributed by atoms with E-state index in [1.54, 1.807) is 7.11 Å². The molecule has 0 aromatic heterocycles. The van der Waals surface area contributed by atoms with E-state index in [1.807, 2.05) is 0 Å². The Bertz CT molecular complexity index is 483. The van der Waals surface area contributed by atoms with Gasteiger partial charge in [-0.2, -0.15) is 0 Å². The largest absolute Gasteiger partial charge is 0.497 e. The highest BCUT2D eigenvalue weighted by atomic mass is 16.5. The predicted molar refractivity (Wildman–Crippen MR) is 86.0 cm³/mol. The summed E-state index contributed by atoms with van der Waals surface area (Å²) in [7, 11) is 3.96. The van der Waals surface area contributed by atoms with Crippen LogP contribution < -0.4 is 10.1 Å². The van der Waals surface area contributed by atoms with Crippen LogP contribution in [0.15, 0.2) is 18.2 Å². The summed E-state index contributed by atoms with van der Waals surface area (Å²) in [5.41, 5.74) is 2.91. The van der Waals surface area contributed by atoms with Crippen LogP contribution in [0.2, 0.25) is 0 Å². The van der Waals surface area contributed by atoms with Crippen molar-refractivity contribution in [2.45, 2.75) is 25.4 Å². The molecule has 0 radical (unpaired) electrons. The molecule has 3 rings (SSSR count). The number of methoxy groups -OCH3 is 1. The summed E-state index contributed by atoms with van der Waals surface area (Å²) in [6.07, 6.45) is 1.15. The smallest absolute Gasteiger partial charge is 0.119 e. The molecule has 0 bridgehead atoms. The number of likely N-dealkylation sites (N-methyl/N-ethyl adjacent to an activating group) is 2. The van der Waals surface area contributed by atoms with Crippen LogP contribution in [0.1, 0.15) is 24.1 Å². The van der Waals surface area contributed by atoms with Crippen molar-refractivity contribution in [1.82, 2.24) is 15.1 Å². The number of ether oxygens (including phenoxy) is 1. The fraction of sp³-hybridized carbons (Fsp3) is 0.647. The van der Waals surface area contributed by atoms with E-state index in [-0.39, 0.29) is 0 Å². The molecule has 1 saturated heterocycles. The number of rotatable bonds is 4. The minimum Gasteiger partial charge on any atom is -0.497 e. The van der Waals surface area contributed by atoms with Gasteiger partial charge in [0.25, 0.3) is 0 Å². The Balaban J connectivity index is 1.82. The maximum Gasteiger partial charge on any atom is 0.119 e. The van der Waals surface area contributed by atoms with Crippen molar-refractivity contribution >= 4 is 0 Å². The first-order valence-corrected chi connectivity index (χ1v) is 8.05. The van der Waals surface area contributed by atoms with Crippen molar-refractivity contribution in [3.05, 3.63) is 29.3 Å². The van der Waals surface area contributed by atoms with Gasteiger partial charge in [-0.25, -0.2) is 0 Å². The lowest BCUT2D eigenvalue weighted by Gasteiger charge is -2.39. The SMILES string of the molecule is CCNC1c2cc(OC)ccc2CC1N1CCN(C)CC1. The molecule has 1 fully saturated rings. The highest BCUT2D eigenvalue weighted by Crippen LogP contribution is 2.37. The topological polar surface area (TPSA) is 27.7 Å². The number of fused-ring (bicyclic) bond motifs is 1. The van der Waals surface area contributed by atoms with E-state index in [9.17, 15) is 0 Å². The summed E-state index contributed by atoms with van der Waals surface area (Å²) in [6, 6.07) is 7.57. The Morgan fingerprint density at radius 3 is 2.67 bits per heavy atom. The fourth-order valence-corrected chi connectivity index (χ4v) is 3.69. The van der Waals surface area contributed by atoms with Gasteiger partial charge in [-0.15, -0.1) is 0 Å². The fourth-order valence-electron chi connectivity index (χ4n) is 3.69. The summed E-state index contributed by atoms with van der Waals surface area (Å²) in [5.74, 6) is 0.968. The first kappa shape index (κ1) is 14.8. The Hall–Kier alpha value is -1.10. The number of hydrogen-bond acceptors (Lipinski definition) is 4. The molecule has 1 heterocycles. The van der Waals surface area contributed by atoms with Gasteiger partial charge in [0, 0.05) is 38.3 Å². The van der Waals surface area contributed by atoms with E-state index >= 15 is 0 Å². The third-order valence-corrected chi connectivity index (χ3v) is 4.93. The molecule has 0 amide bonds. The number of piperazine rings is 1. The highest BCUT2D eigenvalue weighted by molar-refractivity contribution is 5.43. The van der Waals surface area contributed by atoms with Crippen molar-refractivity contribution in [3.8, 4) is 5.75 Å². The molecule has 0 saturated carbocycles. The maximum absolute atomic E-state index is 5.41. The van der Waals surface area contributed by atoms with Gasteiger partial charge in [0.05, 0.1) is 7.11 Å². The maximum atomic E-state index is 5.41. The molecule has 1 aliphatic carbocycles. The molecule has 4 nitrogen and oxygen atoms in total. The molecular weight excluding hydrogens is 262 g/mol. The molecular formula is C17H27N3O. The Labute approximate surface area is 128 Å². The van der Waals surface area contributed by atoms with Gasteiger partial charge in [-0.1, -0.05) is 13.0 Å². The number of hydrogen-bond donors (Lipinski definition) is 1. The van der Waals surface area contributed by atoms with Crippen molar-refractivity contribution in [3.63, 3.8) is 0 Å². The Morgan fingerprint density at radius 1 is 1.24 bits per heavy atom. The van der Waals surface area contributed by atoms with E-state index in [2.05, 4.69) is 47.3 Å². The third-order valence-electron chi connectivity index (χ3n) is 4.93. The molecule has 4 heteroatoms. The number of benzene rings is 1. The second-order valence-electron chi connectivity index (χ2n) is 6.21. The molecule has 21 heavy (non-hydrogen) atoms. The third kappa shape index (κ3) is 2.93. The molecule has 1 N–H and O–H groups in total. The molecule has 1 aromatic rings. The zero-order chi connectivity index (χ0) is 14.8. The van der Waals surface area contributed by atoms with Crippen LogP contribution in [0.25, 0.3) is 0 Å². The van der Waals surface area contributed by atoms with E-state index < -0.39 is 0 Å². The Morgan fingerprint density at radius 2 is 2.00 bits per heavy atom. The second-order valence-corrected chi connectivity index (χ2v) is 6.21. The lowest BCUT2D eigenvalue weighted by Crippen LogP contribution is -2.52. The summed E-state index contributed by atoms with van der Waals surface area (Å²) in [6.45, 7) is 7.90. The summed E-state index contributed by atoms with van der Waals surface area (Å²) < 4.78 is 5.41. The van der Waals surface area contributed by atoms with Crippen LogP contribution in [0.5, 0.6) is 5.75 Å². The highest BCUT2D eigenvalue weighted by Gasteiger charge is 2.36. The Kier molecular flexibility index (Phi) is 4.48. The average molecular weight is 289 g/mol. The van der Waals surface area contributed by atoms with Crippen LogP contribution in [-0.4, -0.2) is 62.7 Å². The molecule has 2 aliphatic rings. The molecule has 0 spiro atoms. The van der Waals surface area contributed by atoms with Gasteiger partial charge in [0.1, 0.15) is 5.75 Å². The minimum absolute atomic E-state index is 0.434. The van der Waals surface area contributed by atoms with E-state index in [4.69, 9.17) is 4.74 Å². The average Bonchev–Trinajstić information content (AvgIpc) is 2.86. The number of nitrogens with one attached hydrogen (secondary N) is 1. The normalized spacial score (nSPS) is 26.8. The van der Waals surface area contributed by atoms with Gasteiger partial charge in [0.15, 0.2) is 0 Å². The standard InChI is InChI=1S/C17H27N3O/c1-4-18-17-15-12-14(21-3)6-5-13(15)11-16(17)20-9-7-19(2)8-10-20/h5-6,12,16-18H,4,7-11H2,1-3H3. The zero-order valence-electron chi connectivity index (χ0n) is 13.4. The van der Waals surface area contributed by atoms with E-state index in [0.29, 0.717) is 12.1 Å². The first-order chi connectivity index (χ1) is 10.2. The minimum atomic E-state index is 0.434. The molecule has 1 aromatic carbocycles. The van der Waals surface area contributed by atoms with Crippen LogP contribution in [0, 0.1) is 0 Å². The lowest BCUT2D eigenvalue weighted by molar-refractivity contribution is 0.0968. The quantitative estimate of drug-likeness (QED) is 0.909. The molecule has 1 aliphatic heterocycles. The summed E-state index contributed by atoms with van der Waals surface area (Å²) in [5, 5.41) is 3.70. The van der Waals surface area contributed by atoms with Crippen LogP contribution in [0.4, 0.5) is 0 Å². The zero-order valence-corrected chi connectivity index (χ0v) is 13.4. The van der Waals surface area contributed by atoms with Gasteiger partial charge >= 0.3 is 0 Å². The summed E-state index contributed by atoms with van der Waals surface area (Å²) in [4.78, 5) is 5.09. The van der Waals surface area contributed by atoms with E-state index in [0.717, 1.165) is 18.7 Å². The second kappa shape index (κ2) is 6.34. The van der Waals surface area contributed by atoms with Crippen LogP contribution in [-0.2, 0) is 6.42 Å². The monoisotopic (exact) mass is 289 g/mol. The molecule has 2 atom stereocenters. The first-order valence-electron chi connectivity index (χ1n) is 8.05. The van der Waals surface area contributed by atoms with Crippen LogP contribution >= 0.6 is 0 Å². The predicted octanol–water partition coefficient (Wildman–Crippen LogP) is 1.52. The van der Waals surface area contributed by atoms with Gasteiger partial charge in [-0.05, 0) is 43.3 Å². The molecule has 116 valence electrons. The summed E-state index contributed by atoms with van der Waals surface area (Å²) >= 11 is 0. The van der Waals surface area contributed by atoms with Crippen LogP contribution in [0.3, 0.4) is 0 Å². The van der Waals surface area contributed by atoms with Gasteiger partial charge in [-0.3, -0.25) is 4.90 Å². The number of nitrogens with zero attached hydrogens (tertiary/aromatic N) is 2. The van der Waals surface area contributed by atoms with Crippen molar-refractivity contribution in [2.24, 2.45) is 0 Å². The van der Waals surface area contributed by atoms with Crippen molar-refractivity contribution < 1.29 is 4.74 Å². The molecule has 2 unspecified atom stereocenters. The van der Waals surface area contributed by atoms with Crippen molar-refractivity contribution in [2.75, 3.05) is 46.9 Å². The lowest BCUT2D eigenvalue weighted by atomic mass is 10.0. The van der Waals surface area contributed by atoms with E-state index in [1.165, 1.54) is 37.3 Å². The van der Waals surface area contributed by atoms with Crippen molar-refractivity contribution in [1.29, 1.82) is 0 Å². The van der Waals surface area contributed by atoms with Gasteiger partial charge in [0.2, 0.25) is 0 Å². The van der Waals surface area contributed by atoms with Gasteiger partial charge < -0.3 is 15.0 Å².